The second kappa shape index (κ2) is 12.3. The maximum Gasteiger partial charge on any atom is 0.251 e. The Morgan fingerprint density at radius 2 is 1.87 bits per heavy atom. The Bertz CT molecular complexity index is 827. The van der Waals surface area contributed by atoms with Crippen molar-refractivity contribution in [2.24, 2.45) is 0 Å². The number of carbonyl (C=O) groups excluding carboxylic acids is 1. The van der Waals surface area contributed by atoms with Crippen LogP contribution in [0.5, 0.6) is 11.5 Å². The number of rotatable bonds is 8. The minimum absolute atomic E-state index is 0. The van der Waals surface area contributed by atoms with E-state index in [1.54, 1.807) is 24.3 Å². The van der Waals surface area contributed by atoms with Crippen molar-refractivity contribution in [1.29, 1.82) is 0 Å². The number of ether oxygens (including phenoxy) is 2. The van der Waals surface area contributed by atoms with Gasteiger partial charge in [-0.2, -0.15) is 0 Å². The summed E-state index contributed by atoms with van der Waals surface area (Å²) >= 11 is 12.0. The van der Waals surface area contributed by atoms with E-state index in [4.69, 9.17) is 32.7 Å². The number of likely N-dealkylation sites (tertiary alicyclic amines) is 1. The fourth-order valence-electron chi connectivity index (χ4n) is 3.32. The van der Waals surface area contributed by atoms with Crippen molar-refractivity contribution in [3.8, 4) is 11.5 Å². The third-order valence-corrected chi connectivity index (χ3v) is 5.59. The van der Waals surface area contributed by atoms with Crippen LogP contribution >= 0.6 is 35.6 Å². The Kier molecular flexibility index (Phi) is 10.1. The van der Waals surface area contributed by atoms with Gasteiger partial charge in [0.2, 0.25) is 0 Å². The van der Waals surface area contributed by atoms with Gasteiger partial charge in [-0.25, -0.2) is 0 Å². The van der Waals surface area contributed by atoms with Gasteiger partial charge in [-0.15, -0.1) is 12.4 Å². The van der Waals surface area contributed by atoms with E-state index in [1.807, 2.05) is 25.1 Å². The maximum absolute atomic E-state index is 12.3. The van der Waals surface area contributed by atoms with Gasteiger partial charge in [0.25, 0.3) is 5.91 Å². The van der Waals surface area contributed by atoms with Gasteiger partial charge < -0.3 is 19.7 Å². The highest BCUT2D eigenvalue weighted by Gasteiger charge is 2.20. The second-order valence-corrected chi connectivity index (χ2v) is 7.77. The minimum atomic E-state index is -0.0793. The molecule has 0 bridgehead atoms. The van der Waals surface area contributed by atoms with Gasteiger partial charge in [0, 0.05) is 37.8 Å². The molecule has 0 unspecified atom stereocenters. The van der Waals surface area contributed by atoms with Gasteiger partial charge in [0.05, 0.1) is 16.7 Å². The number of nitrogens with zero attached hydrogens (tertiary/aromatic N) is 1. The van der Waals surface area contributed by atoms with Gasteiger partial charge >= 0.3 is 0 Å². The molecule has 3 rings (SSSR count). The Morgan fingerprint density at radius 1 is 1.10 bits per heavy atom. The molecule has 1 saturated heterocycles. The third kappa shape index (κ3) is 7.24. The summed E-state index contributed by atoms with van der Waals surface area (Å²) in [4.78, 5) is 14.7. The first-order valence-corrected chi connectivity index (χ1v) is 10.7. The zero-order valence-electron chi connectivity index (χ0n) is 16.9. The van der Waals surface area contributed by atoms with E-state index < -0.39 is 0 Å². The van der Waals surface area contributed by atoms with Crippen molar-refractivity contribution in [1.82, 2.24) is 10.2 Å². The number of nitrogens with one attached hydrogen (secondary N) is 1. The van der Waals surface area contributed by atoms with E-state index in [-0.39, 0.29) is 24.4 Å². The quantitative estimate of drug-likeness (QED) is 0.580. The van der Waals surface area contributed by atoms with E-state index in [0.717, 1.165) is 38.2 Å². The van der Waals surface area contributed by atoms with Gasteiger partial charge in [-0.05, 0) is 50.1 Å². The Balaban J connectivity index is 0.00000320. The number of carbonyl (C=O) groups is 1. The Morgan fingerprint density at radius 3 is 2.57 bits per heavy atom. The number of halogens is 3. The van der Waals surface area contributed by atoms with E-state index in [1.165, 1.54) is 0 Å². The lowest BCUT2D eigenvalue weighted by Crippen LogP contribution is -2.42. The smallest absolute Gasteiger partial charge is 0.251 e. The molecule has 0 aliphatic carbocycles. The summed E-state index contributed by atoms with van der Waals surface area (Å²) in [7, 11) is 0. The van der Waals surface area contributed by atoms with E-state index in [0.29, 0.717) is 34.5 Å². The Hall–Kier alpha value is -1.66. The van der Waals surface area contributed by atoms with Crippen molar-refractivity contribution in [3.05, 3.63) is 58.1 Å². The molecule has 1 fully saturated rings. The highest BCUT2D eigenvalue weighted by Crippen LogP contribution is 2.28. The van der Waals surface area contributed by atoms with Crippen molar-refractivity contribution in [2.75, 3.05) is 32.8 Å². The fraction of sp³-hybridized carbons (Fsp3) is 0.409. The lowest BCUT2D eigenvalue weighted by Gasteiger charge is -2.32. The van der Waals surface area contributed by atoms with Crippen LogP contribution in [0.2, 0.25) is 10.0 Å². The average Bonchev–Trinajstić information content (AvgIpc) is 2.72. The summed E-state index contributed by atoms with van der Waals surface area (Å²) in [5, 5.41) is 4.02. The molecule has 1 N–H and O–H groups in total. The van der Waals surface area contributed by atoms with Gasteiger partial charge in [-0.1, -0.05) is 29.3 Å². The van der Waals surface area contributed by atoms with E-state index in [2.05, 4.69) is 10.2 Å². The molecule has 0 atom stereocenters. The molecule has 2 aromatic rings. The second-order valence-electron chi connectivity index (χ2n) is 6.95. The molecule has 0 spiro atoms. The van der Waals surface area contributed by atoms with Crippen LogP contribution in [0, 0.1) is 0 Å². The monoisotopic (exact) mass is 472 g/mol. The summed E-state index contributed by atoms with van der Waals surface area (Å²) in [6.07, 6.45) is 2.04. The normalized spacial score (nSPS) is 14.6. The molecule has 0 radical (unpaired) electrons. The Labute approximate surface area is 194 Å². The molecule has 164 valence electrons. The molecular formula is C22H27Cl3N2O3. The standard InChI is InChI=1S/C22H26Cl2N2O3.ClH/c1-2-28-18-5-3-4-16(14-18)22(27)25-10-13-26-11-8-17(9-12-26)29-19-6-7-20(23)21(24)15-19;/h3-7,14-15,17H,2,8-13H2,1H3,(H,25,27);1H. The van der Waals surface area contributed by atoms with E-state index >= 15 is 0 Å². The lowest BCUT2D eigenvalue weighted by atomic mass is 10.1. The SMILES string of the molecule is CCOc1cccc(C(=O)NCCN2CCC(Oc3ccc(Cl)c(Cl)c3)CC2)c1.Cl. The summed E-state index contributed by atoms with van der Waals surface area (Å²) in [5.41, 5.74) is 0.615. The highest BCUT2D eigenvalue weighted by atomic mass is 35.5. The number of piperidine rings is 1. The highest BCUT2D eigenvalue weighted by molar-refractivity contribution is 6.42. The van der Waals surface area contributed by atoms with Gasteiger partial charge in [0.1, 0.15) is 17.6 Å². The summed E-state index contributed by atoms with van der Waals surface area (Å²) in [6, 6.07) is 12.6. The van der Waals surface area contributed by atoms with Gasteiger partial charge in [0.15, 0.2) is 0 Å². The predicted molar refractivity (Wildman–Crippen MR) is 124 cm³/mol. The molecule has 1 aliphatic heterocycles. The van der Waals surface area contributed by atoms with Crippen LogP contribution in [0.15, 0.2) is 42.5 Å². The summed E-state index contributed by atoms with van der Waals surface area (Å²) in [5.74, 6) is 1.38. The maximum atomic E-state index is 12.3. The van der Waals surface area contributed by atoms with Crippen LogP contribution < -0.4 is 14.8 Å². The zero-order valence-corrected chi connectivity index (χ0v) is 19.2. The molecule has 30 heavy (non-hydrogen) atoms. The fourth-order valence-corrected chi connectivity index (χ4v) is 3.60. The molecule has 2 aromatic carbocycles. The molecule has 1 aliphatic rings. The molecule has 5 nitrogen and oxygen atoms in total. The topological polar surface area (TPSA) is 50.8 Å². The van der Waals surface area contributed by atoms with Crippen LogP contribution in [-0.4, -0.2) is 49.7 Å². The molecule has 0 aromatic heterocycles. The summed E-state index contributed by atoms with van der Waals surface area (Å²) < 4.78 is 11.5. The number of amides is 1. The molecular weight excluding hydrogens is 447 g/mol. The third-order valence-electron chi connectivity index (χ3n) is 4.85. The number of benzene rings is 2. The first-order valence-electron chi connectivity index (χ1n) is 9.90. The zero-order chi connectivity index (χ0) is 20.6. The van der Waals surface area contributed by atoms with Crippen molar-refractivity contribution in [2.45, 2.75) is 25.9 Å². The molecule has 8 heteroatoms. The van der Waals surface area contributed by atoms with Crippen LogP contribution in [0.4, 0.5) is 0 Å². The van der Waals surface area contributed by atoms with Crippen LogP contribution in [0.3, 0.4) is 0 Å². The van der Waals surface area contributed by atoms with Crippen molar-refractivity contribution >= 4 is 41.5 Å². The van der Waals surface area contributed by atoms with Crippen LogP contribution in [0.1, 0.15) is 30.1 Å². The predicted octanol–water partition coefficient (Wildman–Crippen LogP) is 5.09. The van der Waals surface area contributed by atoms with Crippen molar-refractivity contribution in [3.63, 3.8) is 0 Å². The van der Waals surface area contributed by atoms with Crippen molar-refractivity contribution < 1.29 is 14.3 Å². The molecule has 1 amide bonds. The minimum Gasteiger partial charge on any atom is -0.494 e. The number of hydrogen-bond acceptors (Lipinski definition) is 4. The lowest BCUT2D eigenvalue weighted by molar-refractivity contribution is 0.0905. The first kappa shape index (κ1) is 24.6. The average molecular weight is 474 g/mol. The summed E-state index contributed by atoms with van der Waals surface area (Å²) in [6.45, 7) is 5.79. The molecule has 1 heterocycles. The number of hydrogen-bond donors (Lipinski definition) is 1. The van der Waals surface area contributed by atoms with E-state index in [9.17, 15) is 4.79 Å². The first-order chi connectivity index (χ1) is 14.0. The van der Waals surface area contributed by atoms with Crippen LogP contribution in [0.25, 0.3) is 0 Å². The molecule has 0 saturated carbocycles. The largest absolute Gasteiger partial charge is 0.494 e. The van der Waals surface area contributed by atoms with Gasteiger partial charge in [-0.3, -0.25) is 4.79 Å². The van der Waals surface area contributed by atoms with Crippen LogP contribution in [-0.2, 0) is 0 Å².